The Bertz CT molecular complexity index is 744. The maximum atomic E-state index is 11.2. The highest BCUT2D eigenvalue weighted by atomic mass is 16.5. The van der Waals surface area contributed by atoms with Crippen molar-refractivity contribution < 1.29 is 14.6 Å². The van der Waals surface area contributed by atoms with E-state index in [0.29, 0.717) is 5.82 Å². The number of aryl methyl sites for hydroxylation is 3. The zero-order chi connectivity index (χ0) is 17.9. The van der Waals surface area contributed by atoms with Gasteiger partial charge in [-0.15, -0.1) is 0 Å². The Morgan fingerprint density at radius 1 is 1.33 bits per heavy atom. The lowest BCUT2D eigenvalue weighted by molar-refractivity contribution is -0.135. The van der Waals surface area contributed by atoms with Crippen molar-refractivity contribution in [3.05, 3.63) is 29.0 Å². The van der Waals surface area contributed by atoms with Crippen LogP contribution in [0.15, 0.2) is 12.1 Å². The molecule has 1 aromatic carbocycles. The Kier molecular flexibility index (Phi) is 5.23. The van der Waals surface area contributed by atoms with Gasteiger partial charge in [0.15, 0.2) is 5.82 Å². The van der Waals surface area contributed by atoms with E-state index in [1.165, 1.54) is 6.21 Å². The predicted octanol–water partition coefficient (Wildman–Crippen LogP) is 2.55. The van der Waals surface area contributed by atoms with Gasteiger partial charge in [0.25, 0.3) is 0 Å². The van der Waals surface area contributed by atoms with Crippen LogP contribution in [0.2, 0.25) is 0 Å². The summed E-state index contributed by atoms with van der Waals surface area (Å²) in [5.74, 6) is 0.347. The molecule has 1 aromatic heterocycles. The van der Waals surface area contributed by atoms with E-state index >= 15 is 0 Å². The van der Waals surface area contributed by atoms with Crippen LogP contribution in [0.25, 0.3) is 11.1 Å². The summed E-state index contributed by atoms with van der Waals surface area (Å²) in [7, 11) is 1.63. The van der Waals surface area contributed by atoms with E-state index in [9.17, 15) is 4.79 Å². The first kappa shape index (κ1) is 17.5. The average Bonchev–Trinajstić information content (AvgIpc) is 2.87. The SMILES string of the molecule is COc1cc(C)c(-c2c(N(CC=N)CC(=O)O)n[nH]c2C)c(C)c1. The predicted molar refractivity (Wildman–Crippen MR) is 93.4 cm³/mol. The number of hydrogen-bond donors (Lipinski definition) is 3. The minimum absolute atomic E-state index is 0.178. The van der Waals surface area contributed by atoms with Crippen molar-refractivity contribution in [2.45, 2.75) is 20.8 Å². The number of ether oxygens (including phenoxy) is 1. The summed E-state index contributed by atoms with van der Waals surface area (Å²) in [6, 6.07) is 3.88. The van der Waals surface area contributed by atoms with Crippen LogP contribution in [0.1, 0.15) is 16.8 Å². The quantitative estimate of drug-likeness (QED) is 0.677. The number of benzene rings is 1. The molecule has 0 unspecified atom stereocenters. The van der Waals surface area contributed by atoms with E-state index in [1.54, 1.807) is 12.0 Å². The molecule has 24 heavy (non-hydrogen) atoms. The Morgan fingerprint density at radius 2 is 1.96 bits per heavy atom. The summed E-state index contributed by atoms with van der Waals surface area (Å²) >= 11 is 0. The van der Waals surface area contributed by atoms with Crippen molar-refractivity contribution in [1.29, 1.82) is 5.41 Å². The summed E-state index contributed by atoms with van der Waals surface area (Å²) in [6.45, 7) is 5.83. The molecule has 0 fully saturated rings. The van der Waals surface area contributed by atoms with E-state index in [0.717, 1.165) is 33.7 Å². The largest absolute Gasteiger partial charge is 0.497 e. The molecule has 128 valence electrons. The molecule has 2 rings (SSSR count). The van der Waals surface area contributed by atoms with Gasteiger partial charge in [-0.25, -0.2) is 0 Å². The van der Waals surface area contributed by atoms with Crippen molar-refractivity contribution in [2.24, 2.45) is 0 Å². The third-order valence-corrected chi connectivity index (χ3v) is 3.86. The topological polar surface area (TPSA) is 102 Å². The van der Waals surface area contributed by atoms with Gasteiger partial charge in [-0.3, -0.25) is 9.89 Å². The lowest BCUT2D eigenvalue weighted by Gasteiger charge is -2.21. The number of rotatable bonds is 7. The third kappa shape index (κ3) is 3.40. The Hall–Kier alpha value is -2.83. The van der Waals surface area contributed by atoms with Gasteiger partial charge in [-0.1, -0.05) is 0 Å². The Labute approximate surface area is 140 Å². The van der Waals surface area contributed by atoms with Gasteiger partial charge in [-0.2, -0.15) is 5.10 Å². The molecule has 3 N–H and O–H groups in total. The van der Waals surface area contributed by atoms with Crippen LogP contribution in [0.5, 0.6) is 5.75 Å². The van der Waals surface area contributed by atoms with Crippen LogP contribution in [0, 0.1) is 26.2 Å². The van der Waals surface area contributed by atoms with E-state index in [4.69, 9.17) is 15.3 Å². The Morgan fingerprint density at radius 3 is 2.46 bits per heavy atom. The highest BCUT2D eigenvalue weighted by molar-refractivity contribution is 5.86. The van der Waals surface area contributed by atoms with Crippen molar-refractivity contribution in [3.63, 3.8) is 0 Å². The monoisotopic (exact) mass is 330 g/mol. The van der Waals surface area contributed by atoms with Crippen LogP contribution in [-0.2, 0) is 4.79 Å². The highest BCUT2D eigenvalue weighted by Gasteiger charge is 2.22. The molecule has 0 bridgehead atoms. The summed E-state index contributed by atoms with van der Waals surface area (Å²) in [4.78, 5) is 12.7. The number of aromatic nitrogens is 2. The smallest absolute Gasteiger partial charge is 0.323 e. The van der Waals surface area contributed by atoms with E-state index < -0.39 is 5.97 Å². The van der Waals surface area contributed by atoms with Gasteiger partial charge in [0.2, 0.25) is 0 Å². The molecule has 0 atom stereocenters. The molecule has 0 saturated carbocycles. The number of carboxylic acids is 1. The van der Waals surface area contributed by atoms with Crippen molar-refractivity contribution >= 4 is 18.0 Å². The van der Waals surface area contributed by atoms with E-state index in [2.05, 4.69) is 10.2 Å². The summed E-state index contributed by atoms with van der Waals surface area (Å²) in [5, 5.41) is 23.7. The fourth-order valence-electron chi connectivity index (χ4n) is 2.88. The van der Waals surface area contributed by atoms with Crippen LogP contribution in [0.3, 0.4) is 0 Å². The fourth-order valence-corrected chi connectivity index (χ4v) is 2.88. The maximum Gasteiger partial charge on any atom is 0.323 e. The number of nitrogens with one attached hydrogen (secondary N) is 2. The normalized spacial score (nSPS) is 10.5. The molecule has 7 nitrogen and oxygen atoms in total. The molecule has 0 aliphatic carbocycles. The second-order valence-electron chi connectivity index (χ2n) is 5.66. The minimum Gasteiger partial charge on any atom is -0.497 e. The molecule has 0 saturated heterocycles. The number of anilines is 1. The lowest BCUT2D eigenvalue weighted by atomic mass is 9.95. The molecule has 1 heterocycles. The van der Waals surface area contributed by atoms with Gasteiger partial charge in [0, 0.05) is 17.5 Å². The highest BCUT2D eigenvalue weighted by Crippen LogP contribution is 2.38. The Balaban J connectivity index is 2.62. The first-order valence-corrected chi connectivity index (χ1v) is 7.55. The zero-order valence-electron chi connectivity index (χ0n) is 14.3. The molecule has 7 heteroatoms. The van der Waals surface area contributed by atoms with Crippen LogP contribution < -0.4 is 9.64 Å². The summed E-state index contributed by atoms with van der Waals surface area (Å²) in [5.41, 5.74) is 4.74. The number of methoxy groups -OCH3 is 1. The second-order valence-corrected chi connectivity index (χ2v) is 5.66. The zero-order valence-corrected chi connectivity index (χ0v) is 14.3. The van der Waals surface area contributed by atoms with Gasteiger partial charge in [0.05, 0.1) is 13.7 Å². The van der Waals surface area contributed by atoms with Crippen molar-refractivity contribution in [3.8, 4) is 16.9 Å². The number of carbonyl (C=O) groups is 1. The molecular weight excluding hydrogens is 308 g/mol. The molecule has 0 aliphatic heterocycles. The number of carboxylic acid groups (broad SMARTS) is 1. The first-order valence-electron chi connectivity index (χ1n) is 7.55. The van der Waals surface area contributed by atoms with Crippen molar-refractivity contribution in [1.82, 2.24) is 10.2 Å². The molecule has 0 spiro atoms. The number of aliphatic carboxylic acids is 1. The average molecular weight is 330 g/mol. The molecule has 2 aromatic rings. The molecule has 0 amide bonds. The third-order valence-electron chi connectivity index (χ3n) is 3.86. The number of H-pyrrole nitrogens is 1. The second kappa shape index (κ2) is 7.16. The molecule has 0 aliphatic rings. The van der Waals surface area contributed by atoms with Gasteiger partial charge < -0.3 is 20.2 Å². The summed E-state index contributed by atoms with van der Waals surface area (Å²) in [6.07, 6.45) is 1.17. The van der Waals surface area contributed by atoms with Crippen molar-refractivity contribution in [2.75, 3.05) is 25.1 Å². The van der Waals surface area contributed by atoms with E-state index in [-0.39, 0.29) is 13.1 Å². The fraction of sp³-hybridized carbons (Fsp3) is 0.353. The van der Waals surface area contributed by atoms with Gasteiger partial charge in [0.1, 0.15) is 12.3 Å². The van der Waals surface area contributed by atoms with Crippen LogP contribution in [0.4, 0.5) is 5.82 Å². The minimum atomic E-state index is -0.966. The molecule has 0 radical (unpaired) electrons. The van der Waals surface area contributed by atoms with Crippen LogP contribution in [-0.4, -0.2) is 47.7 Å². The van der Waals surface area contributed by atoms with E-state index in [1.807, 2.05) is 32.9 Å². The lowest BCUT2D eigenvalue weighted by Crippen LogP contribution is -2.32. The van der Waals surface area contributed by atoms with Crippen LogP contribution >= 0.6 is 0 Å². The maximum absolute atomic E-state index is 11.2. The van der Waals surface area contributed by atoms with Gasteiger partial charge in [-0.05, 0) is 49.6 Å². The number of hydrogen-bond acceptors (Lipinski definition) is 5. The standard InChI is InChI=1S/C17H22N4O3/c1-10-7-13(24-4)8-11(2)15(10)16-12(3)19-20-17(16)21(6-5-18)9-14(22)23/h5,7-8,18H,6,9H2,1-4H3,(H,19,20)(H,22,23). The molecular formula is C17H22N4O3. The van der Waals surface area contributed by atoms with Gasteiger partial charge >= 0.3 is 5.97 Å². The summed E-state index contributed by atoms with van der Waals surface area (Å²) < 4.78 is 5.31. The first-order chi connectivity index (χ1) is 11.4. The number of aromatic amines is 1. The number of nitrogens with zero attached hydrogens (tertiary/aromatic N) is 2.